The average Bonchev–Trinajstić information content (AvgIpc) is 2.54. The number of aromatic nitrogens is 2. The van der Waals surface area contributed by atoms with Crippen molar-refractivity contribution in [3.63, 3.8) is 0 Å². The van der Waals surface area contributed by atoms with E-state index in [1.807, 2.05) is 26.2 Å². The standard InChI is InChI=1S/C17H23N5O2/c1-12-19-14(11-16(20-12)18-9-10-22(2)3)17(23)21-13-7-5-6-8-15(13)24-4/h5-8,11H,9-10H2,1-4H3,(H,21,23)(H,18,19,20). The van der Waals surface area contributed by atoms with Crippen molar-refractivity contribution in [2.75, 3.05) is 44.9 Å². The predicted molar refractivity (Wildman–Crippen MR) is 94.8 cm³/mol. The summed E-state index contributed by atoms with van der Waals surface area (Å²) in [5.41, 5.74) is 0.907. The van der Waals surface area contributed by atoms with Crippen LogP contribution in [0.5, 0.6) is 5.75 Å². The van der Waals surface area contributed by atoms with E-state index in [-0.39, 0.29) is 5.91 Å². The van der Waals surface area contributed by atoms with Gasteiger partial charge in [-0.3, -0.25) is 4.79 Å². The van der Waals surface area contributed by atoms with Crippen molar-refractivity contribution in [3.8, 4) is 5.75 Å². The fourth-order valence-electron chi connectivity index (χ4n) is 2.12. The molecule has 0 aliphatic carbocycles. The Bertz CT molecular complexity index is 703. The monoisotopic (exact) mass is 329 g/mol. The van der Waals surface area contributed by atoms with Gasteiger partial charge < -0.3 is 20.3 Å². The van der Waals surface area contributed by atoms with Gasteiger partial charge in [0, 0.05) is 19.2 Å². The zero-order valence-corrected chi connectivity index (χ0v) is 14.5. The van der Waals surface area contributed by atoms with Crippen LogP contribution in [0.3, 0.4) is 0 Å². The van der Waals surface area contributed by atoms with E-state index in [2.05, 4.69) is 25.5 Å². The molecule has 0 radical (unpaired) electrons. The Morgan fingerprint density at radius 3 is 2.71 bits per heavy atom. The Morgan fingerprint density at radius 1 is 1.25 bits per heavy atom. The van der Waals surface area contributed by atoms with E-state index in [4.69, 9.17) is 4.74 Å². The van der Waals surface area contributed by atoms with Crippen molar-refractivity contribution in [3.05, 3.63) is 41.9 Å². The minimum Gasteiger partial charge on any atom is -0.495 e. The molecule has 0 saturated carbocycles. The van der Waals surface area contributed by atoms with Crippen LogP contribution in [0.15, 0.2) is 30.3 Å². The van der Waals surface area contributed by atoms with Crippen LogP contribution in [0, 0.1) is 6.92 Å². The molecule has 7 heteroatoms. The summed E-state index contributed by atoms with van der Waals surface area (Å²) in [5.74, 6) is 1.46. The number of hydrogen-bond acceptors (Lipinski definition) is 6. The first-order valence-corrected chi connectivity index (χ1v) is 7.68. The molecule has 1 amide bonds. The zero-order chi connectivity index (χ0) is 17.5. The number of ether oxygens (including phenoxy) is 1. The number of para-hydroxylation sites is 2. The van der Waals surface area contributed by atoms with Gasteiger partial charge in [0.05, 0.1) is 12.8 Å². The summed E-state index contributed by atoms with van der Waals surface area (Å²) in [6.07, 6.45) is 0. The van der Waals surface area contributed by atoms with Crippen LogP contribution < -0.4 is 15.4 Å². The summed E-state index contributed by atoms with van der Waals surface area (Å²) in [6, 6.07) is 8.89. The fraction of sp³-hybridized carbons (Fsp3) is 0.353. The van der Waals surface area contributed by atoms with E-state index in [9.17, 15) is 4.79 Å². The van der Waals surface area contributed by atoms with Crippen LogP contribution in [0.2, 0.25) is 0 Å². The first-order chi connectivity index (χ1) is 11.5. The topological polar surface area (TPSA) is 79.4 Å². The van der Waals surface area contributed by atoms with Crippen LogP contribution in [0.25, 0.3) is 0 Å². The molecule has 2 N–H and O–H groups in total. The van der Waals surface area contributed by atoms with Gasteiger partial charge in [-0.05, 0) is 33.2 Å². The summed E-state index contributed by atoms with van der Waals surface area (Å²) in [6.45, 7) is 3.36. The third-order valence-electron chi connectivity index (χ3n) is 3.29. The van der Waals surface area contributed by atoms with Crippen molar-refractivity contribution in [1.29, 1.82) is 0 Å². The summed E-state index contributed by atoms with van der Waals surface area (Å²) in [5, 5.41) is 6.02. The molecule has 1 heterocycles. The van der Waals surface area contributed by atoms with Gasteiger partial charge in [0.15, 0.2) is 0 Å². The summed E-state index contributed by atoms with van der Waals surface area (Å²) >= 11 is 0. The number of likely N-dealkylation sites (N-methyl/N-ethyl adjacent to an activating group) is 1. The molecule has 1 aromatic heterocycles. The number of methoxy groups -OCH3 is 1. The molecule has 0 spiro atoms. The van der Waals surface area contributed by atoms with Gasteiger partial charge in [0.25, 0.3) is 5.91 Å². The van der Waals surface area contributed by atoms with Crippen LogP contribution in [0.1, 0.15) is 16.3 Å². The Labute approximate surface area is 142 Å². The predicted octanol–water partition coefficient (Wildman–Crippen LogP) is 2.02. The Morgan fingerprint density at radius 2 is 2.00 bits per heavy atom. The van der Waals surface area contributed by atoms with Crippen LogP contribution in [0.4, 0.5) is 11.5 Å². The molecule has 0 atom stereocenters. The molecule has 1 aromatic carbocycles. The molecule has 0 aliphatic heterocycles. The normalized spacial score (nSPS) is 10.5. The van der Waals surface area contributed by atoms with Gasteiger partial charge in [0.1, 0.15) is 23.1 Å². The molecule has 0 saturated heterocycles. The molecule has 0 unspecified atom stereocenters. The fourth-order valence-corrected chi connectivity index (χ4v) is 2.12. The minimum absolute atomic E-state index is 0.305. The van der Waals surface area contributed by atoms with Crippen molar-refractivity contribution in [1.82, 2.24) is 14.9 Å². The van der Waals surface area contributed by atoms with E-state index in [0.717, 1.165) is 13.1 Å². The second-order valence-electron chi connectivity index (χ2n) is 5.57. The smallest absolute Gasteiger partial charge is 0.274 e. The SMILES string of the molecule is COc1ccccc1NC(=O)c1cc(NCCN(C)C)nc(C)n1. The van der Waals surface area contributed by atoms with E-state index < -0.39 is 0 Å². The van der Waals surface area contributed by atoms with E-state index in [1.54, 1.807) is 32.2 Å². The van der Waals surface area contributed by atoms with Crippen molar-refractivity contribution in [2.24, 2.45) is 0 Å². The van der Waals surface area contributed by atoms with Crippen molar-refractivity contribution in [2.45, 2.75) is 6.92 Å². The largest absolute Gasteiger partial charge is 0.495 e. The molecular formula is C17H23N5O2. The zero-order valence-electron chi connectivity index (χ0n) is 14.5. The third kappa shape index (κ3) is 4.92. The van der Waals surface area contributed by atoms with Gasteiger partial charge in [0.2, 0.25) is 0 Å². The van der Waals surface area contributed by atoms with Gasteiger partial charge >= 0.3 is 0 Å². The van der Waals surface area contributed by atoms with Crippen LogP contribution in [-0.2, 0) is 0 Å². The Kier molecular flexibility index (Phi) is 6.08. The number of carbonyl (C=O) groups excluding carboxylic acids is 1. The second-order valence-corrected chi connectivity index (χ2v) is 5.57. The highest BCUT2D eigenvalue weighted by atomic mass is 16.5. The van der Waals surface area contributed by atoms with Gasteiger partial charge in [-0.25, -0.2) is 9.97 Å². The maximum atomic E-state index is 12.5. The van der Waals surface area contributed by atoms with Crippen molar-refractivity contribution < 1.29 is 9.53 Å². The number of carbonyl (C=O) groups is 1. The number of benzene rings is 1. The molecule has 7 nitrogen and oxygen atoms in total. The van der Waals surface area contributed by atoms with Crippen LogP contribution >= 0.6 is 0 Å². The maximum Gasteiger partial charge on any atom is 0.274 e. The van der Waals surface area contributed by atoms with Gasteiger partial charge in [-0.2, -0.15) is 0 Å². The molecular weight excluding hydrogens is 306 g/mol. The van der Waals surface area contributed by atoms with Crippen molar-refractivity contribution >= 4 is 17.4 Å². The van der Waals surface area contributed by atoms with E-state index in [1.165, 1.54) is 0 Å². The minimum atomic E-state index is -0.305. The molecule has 0 aliphatic rings. The Hall–Kier alpha value is -2.67. The summed E-state index contributed by atoms with van der Waals surface area (Å²) < 4.78 is 5.24. The number of nitrogens with one attached hydrogen (secondary N) is 2. The van der Waals surface area contributed by atoms with Gasteiger partial charge in [-0.15, -0.1) is 0 Å². The average molecular weight is 329 g/mol. The lowest BCUT2D eigenvalue weighted by atomic mass is 10.2. The molecule has 0 bridgehead atoms. The number of amides is 1. The lowest BCUT2D eigenvalue weighted by Crippen LogP contribution is -2.22. The molecule has 128 valence electrons. The van der Waals surface area contributed by atoms with Crippen LogP contribution in [-0.4, -0.2) is 55.1 Å². The number of nitrogens with zero attached hydrogens (tertiary/aromatic N) is 3. The third-order valence-corrected chi connectivity index (χ3v) is 3.29. The second kappa shape index (κ2) is 8.26. The molecule has 2 aromatic rings. The maximum absolute atomic E-state index is 12.5. The highest BCUT2D eigenvalue weighted by molar-refractivity contribution is 6.04. The number of rotatable bonds is 7. The molecule has 0 fully saturated rings. The molecule has 24 heavy (non-hydrogen) atoms. The first kappa shape index (κ1) is 17.7. The van der Waals surface area contributed by atoms with E-state index >= 15 is 0 Å². The Balaban J connectivity index is 2.12. The number of aryl methyl sites for hydroxylation is 1. The lowest BCUT2D eigenvalue weighted by molar-refractivity contribution is 0.102. The summed E-state index contributed by atoms with van der Waals surface area (Å²) in [4.78, 5) is 23.1. The van der Waals surface area contributed by atoms with E-state index in [0.29, 0.717) is 28.8 Å². The number of anilines is 2. The summed E-state index contributed by atoms with van der Waals surface area (Å²) in [7, 11) is 5.56. The number of hydrogen-bond donors (Lipinski definition) is 2. The highest BCUT2D eigenvalue weighted by Gasteiger charge is 2.13. The molecule has 2 rings (SSSR count). The van der Waals surface area contributed by atoms with Gasteiger partial charge in [-0.1, -0.05) is 12.1 Å². The first-order valence-electron chi connectivity index (χ1n) is 7.68. The quantitative estimate of drug-likeness (QED) is 0.809. The lowest BCUT2D eigenvalue weighted by Gasteiger charge is -2.12. The highest BCUT2D eigenvalue weighted by Crippen LogP contribution is 2.23.